The molecule has 0 aliphatic heterocycles. The highest BCUT2D eigenvalue weighted by Crippen LogP contribution is 2.27. The number of rotatable bonds is 10. The van der Waals surface area contributed by atoms with Crippen molar-refractivity contribution < 1.29 is 18.7 Å². The van der Waals surface area contributed by atoms with Gasteiger partial charge in [0, 0.05) is 12.1 Å². The molecule has 0 aliphatic carbocycles. The van der Waals surface area contributed by atoms with Crippen LogP contribution in [0.3, 0.4) is 0 Å². The largest absolute Gasteiger partial charge is 0.497 e. The van der Waals surface area contributed by atoms with Gasteiger partial charge in [0.15, 0.2) is 0 Å². The van der Waals surface area contributed by atoms with Crippen LogP contribution in [0.5, 0.6) is 5.75 Å². The number of carbonyl (C=O) groups excluding carboxylic acids is 2. The van der Waals surface area contributed by atoms with Gasteiger partial charge in [-0.15, -0.1) is 12.6 Å². The Morgan fingerprint density at radius 1 is 1.23 bits per heavy atom. The minimum atomic E-state index is -0.926. The molecule has 2 aromatic carbocycles. The SMILES string of the molecule is COc1ccc(C[C@@H](Nc2cc(N/C(S)=C/C(C)=N)c(C(N)=O)cc2F)C(N)=O)cc1. The van der Waals surface area contributed by atoms with E-state index in [9.17, 15) is 14.0 Å². The topological polar surface area (TPSA) is 143 Å². The number of benzene rings is 2. The number of primary amides is 2. The second-order valence-corrected chi connectivity index (χ2v) is 7.21. The minimum absolute atomic E-state index is 0.0579. The highest BCUT2D eigenvalue weighted by atomic mass is 32.1. The van der Waals surface area contributed by atoms with Crippen LogP contribution in [0.2, 0.25) is 0 Å². The zero-order chi connectivity index (χ0) is 23.1. The van der Waals surface area contributed by atoms with Crippen LogP contribution < -0.4 is 26.8 Å². The van der Waals surface area contributed by atoms with Gasteiger partial charge in [-0.3, -0.25) is 9.59 Å². The molecule has 0 aromatic heterocycles. The van der Waals surface area contributed by atoms with Gasteiger partial charge in [-0.05, 0) is 42.8 Å². The summed E-state index contributed by atoms with van der Waals surface area (Å²) in [5.41, 5.74) is 11.8. The lowest BCUT2D eigenvalue weighted by molar-refractivity contribution is -0.118. The molecular formula is C21H24FN5O3S. The Bertz CT molecular complexity index is 1020. The Morgan fingerprint density at radius 2 is 1.87 bits per heavy atom. The molecule has 0 heterocycles. The maximum Gasteiger partial charge on any atom is 0.250 e. The quantitative estimate of drug-likeness (QED) is 0.246. The number of hydrogen-bond donors (Lipinski definition) is 6. The number of hydrogen-bond acceptors (Lipinski definition) is 7. The molecule has 0 saturated heterocycles. The molecule has 0 aliphatic rings. The fourth-order valence-corrected chi connectivity index (χ4v) is 3.09. The first kappa shape index (κ1) is 23.7. The highest BCUT2D eigenvalue weighted by Gasteiger charge is 2.20. The van der Waals surface area contributed by atoms with Crippen molar-refractivity contribution in [1.29, 1.82) is 5.41 Å². The van der Waals surface area contributed by atoms with Crippen molar-refractivity contribution in [2.45, 2.75) is 19.4 Å². The summed E-state index contributed by atoms with van der Waals surface area (Å²) in [5.74, 6) is -1.66. The van der Waals surface area contributed by atoms with E-state index in [1.54, 1.807) is 38.3 Å². The zero-order valence-electron chi connectivity index (χ0n) is 17.0. The molecule has 1 atom stereocenters. The van der Waals surface area contributed by atoms with Crippen LogP contribution in [-0.2, 0) is 11.2 Å². The van der Waals surface area contributed by atoms with E-state index in [4.69, 9.17) is 21.6 Å². The first-order valence-corrected chi connectivity index (χ1v) is 9.60. The summed E-state index contributed by atoms with van der Waals surface area (Å²) in [5, 5.41) is 13.3. The summed E-state index contributed by atoms with van der Waals surface area (Å²) in [6.45, 7) is 1.54. The third-order valence-electron chi connectivity index (χ3n) is 4.26. The second-order valence-electron chi connectivity index (χ2n) is 6.73. The molecule has 0 fully saturated rings. The second kappa shape index (κ2) is 10.5. The van der Waals surface area contributed by atoms with E-state index in [1.165, 1.54) is 12.1 Å². The molecular weight excluding hydrogens is 421 g/mol. The number of thiol groups is 1. The standard InChI is InChI=1S/C21H24FN5O3S/c1-11(23)7-19(31)27-16-10-17(15(22)9-14(16)20(24)28)26-18(21(25)29)8-12-3-5-13(30-2)6-4-12/h3-7,9-10,18,23,26-27,31H,8H2,1-2H3,(H2,24,28)(H2,25,29)/b19-7-,23-11?/t18-/m1/s1. The van der Waals surface area contributed by atoms with E-state index in [0.29, 0.717) is 5.75 Å². The van der Waals surface area contributed by atoms with E-state index >= 15 is 0 Å². The Kier molecular flexibility index (Phi) is 8.03. The first-order chi connectivity index (χ1) is 14.6. The average Bonchev–Trinajstić information content (AvgIpc) is 2.69. The molecule has 10 heteroatoms. The number of amides is 2. The normalized spacial score (nSPS) is 12.1. The molecule has 164 valence electrons. The monoisotopic (exact) mass is 445 g/mol. The summed E-state index contributed by atoms with van der Waals surface area (Å²) < 4.78 is 19.8. The van der Waals surface area contributed by atoms with E-state index < -0.39 is 23.7 Å². The number of nitrogens with two attached hydrogens (primary N) is 2. The Labute approximate surface area is 184 Å². The number of halogens is 1. The molecule has 0 radical (unpaired) electrons. The summed E-state index contributed by atoms with van der Waals surface area (Å²) >= 11 is 4.20. The maximum atomic E-state index is 14.7. The van der Waals surface area contributed by atoms with Crippen molar-refractivity contribution in [2.75, 3.05) is 17.7 Å². The van der Waals surface area contributed by atoms with Gasteiger partial charge in [-0.2, -0.15) is 0 Å². The first-order valence-electron chi connectivity index (χ1n) is 9.15. The fourth-order valence-electron chi connectivity index (χ4n) is 2.78. The molecule has 2 aromatic rings. The molecule has 0 bridgehead atoms. The Balaban J connectivity index is 2.35. The van der Waals surface area contributed by atoms with E-state index in [0.717, 1.165) is 11.6 Å². The van der Waals surface area contributed by atoms with Crippen molar-refractivity contribution >= 4 is 41.5 Å². The van der Waals surface area contributed by atoms with Gasteiger partial charge in [0.2, 0.25) is 5.91 Å². The maximum absolute atomic E-state index is 14.7. The molecule has 31 heavy (non-hydrogen) atoms. The fraction of sp³-hybridized carbons (Fsp3) is 0.190. The van der Waals surface area contributed by atoms with Crippen LogP contribution in [-0.4, -0.2) is 30.7 Å². The highest BCUT2D eigenvalue weighted by molar-refractivity contribution is 7.84. The summed E-state index contributed by atoms with van der Waals surface area (Å²) in [7, 11) is 1.54. The molecule has 0 unspecified atom stereocenters. The lowest BCUT2D eigenvalue weighted by Crippen LogP contribution is -2.37. The van der Waals surface area contributed by atoms with Gasteiger partial charge >= 0.3 is 0 Å². The van der Waals surface area contributed by atoms with Gasteiger partial charge < -0.3 is 32.2 Å². The van der Waals surface area contributed by atoms with Crippen LogP contribution in [0.25, 0.3) is 0 Å². The van der Waals surface area contributed by atoms with Gasteiger partial charge in [0.05, 0.1) is 29.1 Å². The smallest absolute Gasteiger partial charge is 0.250 e. The van der Waals surface area contributed by atoms with Crippen molar-refractivity contribution in [3.63, 3.8) is 0 Å². The predicted molar refractivity (Wildman–Crippen MR) is 122 cm³/mol. The predicted octanol–water partition coefficient (Wildman–Crippen LogP) is 2.66. The van der Waals surface area contributed by atoms with E-state index in [1.807, 2.05) is 0 Å². The van der Waals surface area contributed by atoms with Crippen LogP contribution in [0.1, 0.15) is 22.8 Å². The van der Waals surface area contributed by atoms with Crippen molar-refractivity contribution in [2.24, 2.45) is 11.5 Å². The van der Waals surface area contributed by atoms with Crippen LogP contribution in [0.4, 0.5) is 15.8 Å². The van der Waals surface area contributed by atoms with Gasteiger partial charge in [-0.25, -0.2) is 4.39 Å². The number of methoxy groups -OCH3 is 1. The van der Waals surface area contributed by atoms with Crippen LogP contribution >= 0.6 is 12.6 Å². The van der Waals surface area contributed by atoms with Crippen molar-refractivity contribution in [1.82, 2.24) is 0 Å². The van der Waals surface area contributed by atoms with E-state index in [2.05, 4.69) is 23.3 Å². The third-order valence-corrected chi connectivity index (χ3v) is 4.50. The van der Waals surface area contributed by atoms with Gasteiger partial charge in [0.1, 0.15) is 17.6 Å². The average molecular weight is 446 g/mol. The van der Waals surface area contributed by atoms with Crippen LogP contribution in [0, 0.1) is 11.2 Å². The Hall–Kier alpha value is -3.53. The zero-order valence-corrected chi connectivity index (χ0v) is 17.9. The van der Waals surface area contributed by atoms with E-state index in [-0.39, 0.29) is 34.1 Å². The van der Waals surface area contributed by atoms with Crippen molar-refractivity contribution in [3.8, 4) is 5.75 Å². The number of ether oxygens (including phenoxy) is 1. The lowest BCUT2D eigenvalue weighted by Gasteiger charge is -2.19. The van der Waals surface area contributed by atoms with Gasteiger partial charge in [-0.1, -0.05) is 12.1 Å². The third kappa shape index (κ3) is 6.75. The molecule has 7 N–H and O–H groups in total. The molecule has 8 nitrogen and oxygen atoms in total. The summed E-state index contributed by atoms with van der Waals surface area (Å²) in [4.78, 5) is 23.7. The molecule has 0 saturated carbocycles. The van der Waals surface area contributed by atoms with Crippen molar-refractivity contribution in [3.05, 3.63) is 64.4 Å². The number of carbonyl (C=O) groups is 2. The lowest BCUT2D eigenvalue weighted by atomic mass is 10.0. The minimum Gasteiger partial charge on any atom is -0.497 e. The summed E-state index contributed by atoms with van der Waals surface area (Å²) in [6.07, 6.45) is 1.60. The molecule has 0 spiro atoms. The molecule has 2 rings (SSSR count). The summed E-state index contributed by atoms with van der Waals surface area (Å²) in [6, 6.07) is 8.35. The number of allylic oxidation sites excluding steroid dienone is 1. The number of nitrogens with one attached hydrogen (secondary N) is 3. The van der Waals surface area contributed by atoms with Crippen LogP contribution in [0.15, 0.2) is 47.5 Å². The molecule has 2 amide bonds. The number of anilines is 2. The van der Waals surface area contributed by atoms with Gasteiger partial charge in [0.25, 0.3) is 5.91 Å². The Morgan fingerprint density at radius 3 is 2.39 bits per heavy atom.